The third-order valence-electron chi connectivity index (χ3n) is 3.19. The van der Waals surface area contributed by atoms with E-state index < -0.39 is 5.92 Å². The van der Waals surface area contributed by atoms with Crippen molar-refractivity contribution in [2.45, 2.75) is 39.0 Å². The Labute approximate surface area is 126 Å². The van der Waals surface area contributed by atoms with Crippen molar-refractivity contribution in [3.05, 3.63) is 35.9 Å². The summed E-state index contributed by atoms with van der Waals surface area (Å²) in [5, 5.41) is 2.93. The van der Waals surface area contributed by atoms with Crippen molar-refractivity contribution < 1.29 is 4.79 Å². The average molecular weight is 292 g/mol. The van der Waals surface area contributed by atoms with E-state index in [1.807, 2.05) is 30.3 Å². The number of amides is 1. The first-order valence-electron chi connectivity index (χ1n) is 7.14. The maximum Gasteiger partial charge on any atom is 0.234 e. The molecule has 3 nitrogen and oxygen atoms in total. The Balaban J connectivity index is 2.48. The van der Waals surface area contributed by atoms with E-state index in [2.05, 4.69) is 19.2 Å². The summed E-state index contributed by atoms with van der Waals surface area (Å²) in [5.41, 5.74) is 6.56. The predicted molar refractivity (Wildman–Crippen MR) is 87.7 cm³/mol. The normalized spacial score (nSPS) is 12.2. The zero-order valence-electron chi connectivity index (χ0n) is 12.3. The maximum absolute atomic E-state index is 12.2. The van der Waals surface area contributed by atoms with Gasteiger partial charge in [-0.25, -0.2) is 0 Å². The van der Waals surface area contributed by atoms with Gasteiger partial charge in [-0.3, -0.25) is 4.79 Å². The zero-order chi connectivity index (χ0) is 15.0. The standard InChI is InChI=1S/C16H24N2OS/c1-12(2)8-6-7-11-18-16(19)14(15(17)20)13-9-4-3-5-10-13/h3-5,9-10,12,14H,6-8,11H2,1-2H3,(H2,17,20)(H,18,19). The highest BCUT2D eigenvalue weighted by Gasteiger charge is 2.22. The molecular weight excluding hydrogens is 268 g/mol. The monoisotopic (exact) mass is 292 g/mol. The van der Waals surface area contributed by atoms with Gasteiger partial charge in [0, 0.05) is 6.54 Å². The lowest BCUT2D eigenvalue weighted by atomic mass is 9.98. The number of thiocarbonyl (C=S) groups is 1. The Bertz CT molecular complexity index is 431. The Kier molecular flexibility index (Phi) is 7.23. The van der Waals surface area contributed by atoms with Crippen LogP contribution in [0.5, 0.6) is 0 Å². The number of nitrogens with two attached hydrogens (primary N) is 1. The van der Waals surface area contributed by atoms with Crippen LogP contribution < -0.4 is 11.1 Å². The minimum Gasteiger partial charge on any atom is -0.392 e. The van der Waals surface area contributed by atoms with Crippen molar-refractivity contribution in [3.63, 3.8) is 0 Å². The van der Waals surface area contributed by atoms with Gasteiger partial charge < -0.3 is 11.1 Å². The molecule has 0 aliphatic carbocycles. The van der Waals surface area contributed by atoms with Gasteiger partial charge in [0.1, 0.15) is 5.92 Å². The van der Waals surface area contributed by atoms with Crippen molar-refractivity contribution in [1.82, 2.24) is 5.32 Å². The van der Waals surface area contributed by atoms with Crippen LogP contribution in [0.1, 0.15) is 44.6 Å². The van der Waals surface area contributed by atoms with Gasteiger partial charge in [0.15, 0.2) is 0 Å². The molecule has 1 amide bonds. The Morgan fingerprint density at radius 1 is 1.25 bits per heavy atom. The van der Waals surface area contributed by atoms with E-state index in [0.717, 1.165) is 18.4 Å². The summed E-state index contributed by atoms with van der Waals surface area (Å²) >= 11 is 5.03. The van der Waals surface area contributed by atoms with Crippen LogP contribution in [0.25, 0.3) is 0 Å². The average Bonchev–Trinajstić information content (AvgIpc) is 2.39. The van der Waals surface area contributed by atoms with E-state index in [1.54, 1.807) is 0 Å². The maximum atomic E-state index is 12.2. The highest BCUT2D eigenvalue weighted by atomic mass is 32.1. The molecular formula is C16H24N2OS. The van der Waals surface area contributed by atoms with Crippen molar-refractivity contribution in [1.29, 1.82) is 0 Å². The molecule has 0 spiro atoms. The number of hydrogen-bond donors (Lipinski definition) is 2. The summed E-state index contributed by atoms with van der Waals surface area (Å²) in [5.74, 6) is 0.0731. The van der Waals surface area contributed by atoms with Crippen LogP contribution >= 0.6 is 12.2 Å². The van der Waals surface area contributed by atoms with Gasteiger partial charge >= 0.3 is 0 Å². The molecule has 0 aliphatic rings. The lowest BCUT2D eigenvalue weighted by Gasteiger charge is -2.16. The van der Waals surface area contributed by atoms with Gasteiger partial charge in [-0.2, -0.15) is 0 Å². The molecule has 1 aromatic carbocycles. The Morgan fingerprint density at radius 2 is 1.90 bits per heavy atom. The molecule has 1 unspecified atom stereocenters. The van der Waals surface area contributed by atoms with Gasteiger partial charge in [-0.05, 0) is 17.9 Å². The smallest absolute Gasteiger partial charge is 0.234 e. The van der Waals surface area contributed by atoms with E-state index in [9.17, 15) is 4.79 Å². The fraction of sp³-hybridized carbons (Fsp3) is 0.500. The van der Waals surface area contributed by atoms with E-state index in [4.69, 9.17) is 18.0 Å². The molecule has 0 aliphatic heterocycles. The second kappa shape index (κ2) is 8.69. The lowest BCUT2D eigenvalue weighted by molar-refractivity contribution is -0.121. The summed E-state index contributed by atoms with van der Waals surface area (Å²) < 4.78 is 0. The number of rotatable bonds is 8. The van der Waals surface area contributed by atoms with Gasteiger partial charge in [0.2, 0.25) is 5.91 Å². The molecule has 3 N–H and O–H groups in total. The largest absolute Gasteiger partial charge is 0.392 e. The minimum absolute atomic E-state index is 0.103. The molecule has 1 rings (SSSR count). The Hall–Kier alpha value is -1.42. The summed E-state index contributed by atoms with van der Waals surface area (Å²) in [6.07, 6.45) is 3.30. The first-order valence-corrected chi connectivity index (χ1v) is 7.55. The predicted octanol–water partition coefficient (Wildman–Crippen LogP) is 3.00. The highest BCUT2D eigenvalue weighted by molar-refractivity contribution is 7.80. The summed E-state index contributed by atoms with van der Waals surface area (Å²) in [6, 6.07) is 9.43. The fourth-order valence-electron chi connectivity index (χ4n) is 2.08. The van der Waals surface area contributed by atoms with E-state index in [-0.39, 0.29) is 10.9 Å². The van der Waals surface area contributed by atoms with Gasteiger partial charge in [-0.15, -0.1) is 0 Å². The second-order valence-electron chi connectivity index (χ2n) is 5.43. The van der Waals surface area contributed by atoms with Gasteiger partial charge in [-0.1, -0.05) is 69.2 Å². The molecule has 0 fully saturated rings. The molecule has 1 aromatic rings. The second-order valence-corrected chi connectivity index (χ2v) is 5.90. The van der Waals surface area contributed by atoms with Crippen molar-refractivity contribution in [3.8, 4) is 0 Å². The number of carbonyl (C=O) groups is 1. The molecule has 0 radical (unpaired) electrons. The third-order valence-corrected chi connectivity index (χ3v) is 3.42. The number of carbonyl (C=O) groups excluding carboxylic acids is 1. The van der Waals surface area contributed by atoms with E-state index in [0.29, 0.717) is 12.5 Å². The van der Waals surface area contributed by atoms with Crippen LogP contribution in [-0.2, 0) is 4.79 Å². The zero-order valence-corrected chi connectivity index (χ0v) is 13.1. The van der Waals surface area contributed by atoms with Crippen LogP contribution in [0.3, 0.4) is 0 Å². The van der Waals surface area contributed by atoms with Crippen molar-refractivity contribution >= 4 is 23.1 Å². The van der Waals surface area contributed by atoms with Gasteiger partial charge in [0.05, 0.1) is 4.99 Å². The van der Waals surface area contributed by atoms with Crippen LogP contribution in [0, 0.1) is 5.92 Å². The quantitative estimate of drug-likeness (QED) is 0.572. The molecule has 0 saturated heterocycles. The van der Waals surface area contributed by atoms with Gasteiger partial charge in [0.25, 0.3) is 0 Å². The highest BCUT2D eigenvalue weighted by Crippen LogP contribution is 2.16. The summed E-state index contributed by atoms with van der Waals surface area (Å²) in [7, 11) is 0. The van der Waals surface area contributed by atoms with E-state index >= 15 is 0 Å². The number of benzene rings is 1. The van der Waals surface area contributed by atoms with E-state index in [1.165, 1.54) is 6.42 Å². The summed E-state index contributed by atoms with van der Waals surface area (Å²) in [6.45, 7) is 5.09. The fourth-order valence-corrected chi connectivity index (χ4v) is 2.32. The number of unbranched alkanes of at least 4 members (excludes halogenated alkanes) is 1. The molecule has 1 atom stereocenters. The van der Waals surface area contributed by atoms with Crippen molar-refractivity contribution in [2.24, 2.45) is 11.7 Å². The third kappa shape index (κ3) is 5.70. The number of hydrogen-bond acceptors (Lipinski definition) is 2. The van der Waals surface area contributed by atoms with Crippen LogP contribution in [0.2, 0.25) is 0 Å². The molecule has 4 heteroatoms. The molecule has 0 bridgehead atoms. The molecule has 110 valence electrons. The number of nitrogens with one attached hydrogen (secondary N) is 1. The van der Waals surface area contributed by atoms with Crippen LogP contribution in [0.15, 0.2) is 30.3 Å². The van der Waals surface area contributed by atoms with Crippen LogP contribution in [0.4, 0.5) is 0 Å². The Morgan fingerprint density at radius 3 is 2.45 bits per heavy atom. The molecule has 0 aromatic heterocycles. The molecule has 0 saturated carbocycles. The first-order chi connectivity index (χ1) is 9.52. The van der Waals surface area contributed by atoms with Crippen LogP contribution in [-0.4, -0.2) is 17.4 Å². The SMILES string of the molecule is CC(C)CCCCNC(=O)C(C(N)=S)c1ccccc1. The molecule has 20 heavy (non-hydrogen) atoms. The van der Waals surface area contributed by atoms with Crippen molar-refractivity contribution in [2.75, 3.05) is 6.54 Å². The minimum atomic E-state index is -0.531. The summed E-state index contributed by atoms with van der Waals surface area (Å²) in [4.78, 5) is 12.4. The lowest BCUT2D eigenvalue weighted by Crippen LogP contribution is -2.36. The molecule has 0 heterocycles. The topological polar surface area (TPSA) is 55.1 Å². The first kappa shape index (κ1) is 16.6.